The molecule has 0 saturated carbocycles. The lowest BCUT2D eigenvalue weighted by molar-refractivity contribution is 0.104. The number of rotatable bonds is 8. The summed E-state index contributed by atoms with van der Waals surface area (Å²) in [5.74, 6) is 0.370. The molecule has 0 spiro atoms. The zero-order valence-corrected chi connectivity index (χ0v) is 20.5. The molecule has 0 bridgehead atoms. The summed E-state index contributed by atoms with van der Waals surface area (Å²) < 4.78 is 41.0. The highest BCUT2D eigenvalue weighted by molar-refractivity contribution is 7.92. The molecular weight excluding hydrogens is 470 g/mol. The second kappa shape index (κ2) is 9.26. The van der Waals surface area contributed by atoms with Crippen LogP contribution in [0.2, 0.25) is 0 Å². The maximum atomic E-state index is 13.5. The van der Waals surface area contributed by atoms with Crippen LogP contribution in [0.1, 0.15) is 35.8 Å². The number of ketones is 1. The fourth-order valence-corrected chi connectivity index (χ4v) is 4.99. The number of carbonyl (C=O) groups is 1. The second-order valence-electron chi connectivity index (χ2n) is 8.03. The number of benzene rings is 2. The van der Waals surface area contributed by atoms with Crippen molar-refractivity contribution >= 4 is 38.3 Å². The molecule has 10 nitrogen and oxygen atoms in total. The Morgan fingerprint density at radius 1 is 1.09 bits per heavy atom. The van der Waals surface area contributed by atoms with Gasteiger partial charge in [0.2, 0.25) is 0 Å². The van der Waals surface area contributed by atoms with Crippen molar-refractivity contribution in [3.63, 3.8) is 0 Å². The van der Waals surface area contributed by atoms with Gasteiger partial charge in [-0.15, -0.1) is 0 Å². The number of nitrogens with zero attached hydrogens (tertiary/aromatic N) is 3. The van der Waals surface area contributed by atoms with Crippen molar-refractivity contribution in [1.29, 1.82) is 0 Å². The summed E-state index contributed by atoms with van der Waals surface area (Å²) in [6.07, 6.45) is 3.05. The van der Waals surface area contributed by atoms with Gasteiger partial charge in [-0.2, -0.15) is 0 Å². The monoisotopic (exact) mass is 495 g/mol. The first-order valence-electron chi connectivity index (χ1n) is 10.7. The Labute approximate surface area is 202 Å². The van der Waals surface area contributed by atoms with Gasteiger partial charge in [-0.1, -0.05) is 12.1 Å². The molecule has 0 unspecified atom stereocenters. The largest absolute Gasteiger partial charge is 0.497 e. The molecule has 2 aromatic heterocycles. The van der Waals surface area contributed by atoms with E-state index in [1.54, 1.807) is 30.5 Å². The molecule has 4 aromatic rings. The minimum absolute atomic E-state index is 0.0318. The fourth-order valence-electron chi connectivity index (χ4n) is 3.76. The molecule has 182 valence electrons. The molecule has 0 atom stereocenters. The average molecular weight is 496 g/mol. The number of hydrogen-bond acceptors (Lipinski definition) is 8. The summed E-state index contributed by atoms with van der Waals surface area (Å²) in [4.78, 5) is 21.7. The molecule has 0 aliphatic carbocycles. The lowest BCUT2D eigenvalue weighted by Gasteiger charge is -2.13. The van der Waals surface area contributed by atoms with E-state index in [4.69, 9.17) is 15.2 Å². The SMILES string of the molecule is COc1ccc(OC)c(S(=O)(=O)Nc2cccc(C(=O)c3cn(C(C)C)c4ncnc(N)c34)c2)c1. The third kappa shape index (κ3) is 4.50. The highest BCUT2D eigenvalue weighted by Crippen LogP contribution is 2.31. The summed E-state index contributed by atoms with van der Waals surface area (Å²) in [7, 11) is -1.24. The van der Waals surface area contributed by atoms with Gasteiger partial charge in [-0.3, -0.25) is 9.52 Å². The van der Waals surface area contributed by atoms with Crippen molar-refractivity contribution in [3.05, 3.63) is 66.1 Å². The lowest BCUT2D eigenvalue weighted by atomic mass is 10.0. The highest BCUT2D eigenvalue weighted by Gasteiger charge is 2.24. The van der Waals surface area contributed by atoms with E-state index in [-0.39, 0.29) is 39.5 Å². The van der Waals surface area contributed by atoms with Crippen LogP contribution in [0.15, 0.2) is 59.9 Å². The van der Waals surface area contributed by atoms with Crippen molar-refractivity contribution in [1.82, 2.24) is 14.5 Å². The maximum Gasteiger partial charge on any atom is 0.265 e. The first-order valence-corrected chi connectivity index (χ1v) is 12.1. The van der Waals surface area contributed by atoms with Gasteiger partial charge in [0.05, 0.1) is 25.2 Å². The molecule has 35 heavy (non-hydrogen) atoms. The highest BCUT2D eigenvalue weighted by atomic mass is 32.2. The van der Waals surface area contributed by atoms with Gasteiger partial charge in [0.25, 0.3) is 10.0 Å². The van der Waals surface area contributed by atoms with Gasteiger partial charge >= 0.3 is 0 Å². The third-order valence-corrected chi connectivity index (χ3v) is 6.88. The molecule has 2 aromatic carbocycles. The van der Waals surface area contributed by atoms with Gasteiger partial charge in [0.15, 0.2) is 5.78 Å². The Hall–Kier alpha value is -4.12. The first kappa shape index (κ1) is 24.0. The van der Waals surface area contributed by atoms with Crippen LogP contribution in [0, 0.1) is 0 Å². The van der Waals surface area contributed by atoms with E-state index in [0.29, 0.717) is 22.3 Å². The van der Waals surface area contributed by atoms with E-state index in [1.165, 1.54) is 38.7 Å². The Balaban J connectivity index is 1.73. The summed E-state index contributed by atoms with van der Waals surface area (Å²) in [6.45, 7) is 3.93. The molecular formula is C24H25N5O5S. The number of nitrogens with two attached hydrogens (primary N) is 1. The smallest absolute Gasteiger partial charge is 0.265 e. The number of ether oxygens (including phenoxy) is 2. The summed E-state index contributed by atoms with van der Waals surface area (Å²) in [5.41, 5.74) is 7.45. The summed E-state index contributed by atoms with van der Waals surface area (Å²) in [6, 6.07) is 10.7. The van der Waals surface area contributed by atoms with E-state index in [1.807, 2.05) is 18.4 Å². The summed E-state index contributed by atoms with van der Waals surface area (Å²) in [5, 5.41) is 0.457. The molecule has 3 N–H and O–H groups in total. The van der Waals surface area contributed by atoms with Crippen LogP contribution in [-0.4, -0.2) is 43.0 Å². The van der Waals surface area contributed by atoms with Crippen molar-refractivity contribution in [3.8, 4) is 11.5 Å². The zero-order chi connectivity index (χ0) is 25.3. The van der Waals surface area contributed by atoms with Gasteiger partial charge in [0, 0.05) is 29.6 Å². The van der Waals surface area contributed by atoms with Crippen LogP contribution in [0.5, 0.6) is 11.5 Å². The zero-order valence-electron chi connectivity index (χ0n) is 19.6. The molecule has 0 saturated heterocycles. The number of aromatic nitrogens is 3. The molecule has 4 rings (SSSR count). The Kier molecular flexibility index (Phi) is 6.35. The first-order chi connectivity index (χ1) is 16.7. The number of methoxy groups -OCH3 is 2. The van der Waals surface area contributed by atoms with E-state index < -0.39 is 10.0 Å². The van der Waals surface area contributed by atoms with Gasteiger partial charge in [-0.05, 0) is 38.1 Å². The number of sulfonamides is 1. The number of hydrogen-bond donors (Lipinski definition) is 2. The number of nitrogen functional groups attached to an aromatic ring is 1. The van der Waals surface area contributed by atoms with Crippen LogP contribution in [0.25, 0.3) is 11.0 Å². The topological polar surface area (TPSA) is 138 Å². The average Bonchev–Trinajstić information content (AvgIpc) is 3.24. The molecule has 0 fully saturated rings. The van der Waals surface area contributed by atoms with Crippen LogP contribution in [-0.2, 0) is 10.0 Å². The second-order valence-corrected chi connectivity index (χ2v) is 9.68. The molecule has 0 amide bonds. The molecule has 0 aliphatic heterocycles. The normalized spacial score (nSPS) is 11.6. The predicted molar refractivity (Wildman–Crippen MR) is 133 cm³/mol. The Morgan fingerprint density at radius 3 is 2.54 bits per heavy atom. The minimum Gasteiger partial charge on any atom is -0.497 e. The number of fused-ring (bicyclic) bond motifs is 1. The van der Waals surface area contributed by atoms with Crippen molar-refractivity contribution < 1.29 is 22.7 Å². The third-order valence-electron chi connectivity index (χ3n) is 5.48. The van der Waals surface area contributed by atoms with Gasteiger partial charge < -0.3 is 19.8 Å². The van der Waals surface area contributed by atoms with E-state index >= 15 is 0 Å². The van der Waals surface area contributed by atoms with Crippen LogP contribution >= 0.6 is 0 Å². The molecule has 0 radical (unpaired) electrons. The van der Waals surface area contributed by atoms with E-state index in [0.717, 1.165) is 0 Å². The van der Waals surface area contributed by atoms with Crippen molar-refractivity contribution in [2.75, 3.05) is 24.7 Å². The van der Waals surface area contributed by atoms with E-state index in [2.05, 4.69) is 14.7 Å². The standard InChI is InChI=1S/C24H25N5O5S/c1-14(2)29-12-18(21-23(25)26-13-27-24(21)29)22(30)15-6-5-7-16(10-15)28-35(31,32)20-11-17(33-3)8-9-19(20)34-4/h5-14,28H,1-4H3,(H2,25,26,27). The van der Waals surface area contributed by atoms with Crippen molar-refractivity contribution in [2.24, 2.45) is 0 Å². The van der Waals surface area contributed by atoms with Gasteiger partial charge in [-0.25, -0.2) is 18.4 Å². The Morgan fingerprint density at radius 2 is 1.86 bits per heavy atom. The van der Waals surface area contributed by atoms with Crippen molar-refractivity contribution in [2.45, 2.75) is 24.8 Å². The lowest BCUT2D eigenvalue weighted by Crippen LogP contribution is -2.15. The minimum atomic E-state index is -4.05. The van der Waals surface area contributed by atoms with Crippen LogP contribution in [0.4, 0.5) is 11.5 Å². The van der Waals surface area contributed by atoms with Crippen LogP contribution in [0.3, 0.4) is 0 Å². The molecule has 2 heterocycles. The quantitative estimate of drug-likeness (QED) is 0.353. The Bertz CT molecular complexity index is 1530. The molecule has 0 aliphatic rings. The maximum absolute atomic E-state index is 13.5. The number of carbonyl (C=O) groups excluding carboxylic acids is 1. The molecule has 11 heteroatoms. The number of nitrogens with one attached hydrogen (secondary N) is 1. The van der Waals surface area contributed by atoms with Crippen LogP contribution < -0.4 is 19.9 Å². The fraction of sp³-hybridized carbons (Fsp3) is 0.208. The predicted octanol–water partition coefficient (Wildman–Crippen LogP) is 3.64. The van der Waals surface area contributed by atoms with Gasteiger partial charge in [0.1, 0.15) is 34.2 Å². The number of anilines is 2. The van der Waals surface area contributed by atoms with E-state index in [9.17, 15) is 13.2 Å². The summed E-state index contributed by atoms with van der Waals surface area (Å²) >= 11 is 0.